The highest BCUT2D eigenvalue weighted by Crippen LogP contribution is 2.18. The van der Waals surface area contributed by atoms with Crippen molar-refractivity contribution in [3.8, 4) is 6.07 Å². The monoisotopic (exact) mass is 209 g/mol. The maximum atomic E-state index is 8.84. The molecule has 0 amide bonds. The SMILES string of the molecule is C=C/C(C#N)=C\C(=C/C)c1ccc(C)cc1. The molecule has 16 heavy (non-hydrogen) atoms. The number of allylic oxidation sites excluding steroid dienone is 5. The molecule has 0 aliphatic heterocycles. The first-order chi connectivity index (χ1) is 7.71. The van der Waals surface area contributed by atoms with Gasteiger partial charge in [0.2, 0.25) is 0 Å². The molecule has 0 spiro atoms. The molecule has 0 N–H and O–H groups in total. The maximum absolute atomic E-state index is 8.84. The zero-order chi connectivity index (χ0) is 12.0. The predicted octanol–water partition coefficient (Wildman–Crippen LogP) is 4.03. The minimum Gasteiger partial charge on any atom is -0.192 e. The van der Waals surface area contributed by atoms with E-state index in [-0.39, 0.29) is 0 Å². The van der Waals surface area contributed by atoms with Crippen LogP contribution in [0.4, 0.5) is 0 Å². The molecule has 0 saturated carbocycles. The molecule has 0 atom stereocenters. The first-order valence-corrected chi connectivity index (χ1v) is 5.19. The lowest BCUT2D eigenvalue weighted by Gasteiger charge is -2.03. The van der Waals surface area contributed by atoms with Crippen LogP contribution in [0.3, 0.4) is 0 Å². The summed E-state index contributed by atoms with van der Waals surface area (Å²) in [6.45, 7) is 7.63. The van der Waals surface area contributed by atoms with Gasteiger partial charge >= 0.3 is 0 Å². The Kier molecular flexibility index (Phi) is 4.29. The van der Waals surface area contributed by atoms with Crippen LogP contribution in [0, 0.1) is 18.3 Å². The van der Waals surface area contributed by atoms with Crippen molar-refractivity contribution in [3.63, 3.8) is 0 Å². The average molecular weight is 209 g/mol. The molecule has 0 aliphatic rings. The molecule has 0 aliphatic carbocycles. The van der Waals surface area contributed by atoms with Crippen LogP contribution in [0.5, 0.6) is 0 Å². The van der Waals surface area contributed by atoms with Gasteiger partial charge in [-0.2, -0.15) is 5.26 Å². The van der Waals surface area contributed by atoms with E-state index in [2.05, 4.69) is 43.8 Å². The number of hydrogen-bond acceptors (Lipinski definition) is 1. The molecule has 80 valence electrons. The normalized spacial score (nSPS) is 12.1. The van der Waals surface area contributed by atoms with E-state index in [1.165, 1.54) is 5.56 Å². The van der Waals surface area contributed by atoms with Crippen molar-refractivity contribution in [2.75, 3.05) is 0 Å². The van der Waals surface area contributed by atoms with Crippen LogP contribution in [0.15, 0.2) is 54.6 Å². The molecular weight excluding hydrogens is 194 g/mol. The molecule has 1 heteroatoms. The van der Waals surface area contributed by atoms with Gasteiger partial charge in [0.1, 0.15) is 0 Å². The Morgan fingerprint density at radius 3 is 2.38 bits per heavy atom. The summed E-state index contributed by atoms with van der Waals surface area (Å²) in [5, 5.41) is 8.84. The van der Waals surface area contributed by atoms with Crippen molar-refractivity contribution in [3.05, 3.63) is 65.8 Å². The summed E-state index contributed by atoms with van der Waals surface area (Å²) >= 11 is 0. The standard InChI is InChI=1S/C15H15N/c1-4-13(11-16)10-14(5-2)15-8-6-12(3)7-9-15/h4-10H,1H2,2-3H3/b13-10+,14-5+. The minimum absolute atomic E-state index is 0.577. The lowest BCUT2D eigenvalue weighted by atomic mass is 10.0. The zero-order valence-corrected chi connectivity index (χ0v) is 9.70. The molecule has 1 rings (SSSR count). The molecule has 0 aromatic heterocycles. The van der Waals surface area contributed by atoms with E-state index < -0.39 is 0 Å². The Balaban J connectivity index is 3.11. The van der Waals surface area contributed by atoms with Crippen LogP contribution < -0.4 is 0 Å². The fourth-order valence-electron chi connectivity index (χ4n) is 1.38. The third kappa shape index (κ3) is 2.96. The van der Waals surface area contributed by atoms with E-state index >= 15 is 0 Å². The van der Waals surface area contributed by atoms with Gasteiger partial charge in [-0.25, -0.2) is 0 Å². The van der Waals surface area contributed by atoms with Gasteiger partial charge in [0.05, 0.1) is 11.6 Å². The number of hydrogen-bond donors (Lipinski definition) is 0. The van der Waals surface area contributed by atoms with Crippen molar-refractivity contribution in [1.29, 1.82) is 5.26 Å². The van der Waals surface area contributed by atoms with Gasteiger partial charge in [-0.3, -0.25) is 0 Å². The molecular formula is C15H15N. The van der Waals surface area contributed by atoms with E-state index in [4.69, 9.17) is 5.26 Å². The summed E-state index contributed by atoms with van der Waals surface area (Å²) in [7, 11) is 0. The Labute approximate surface area is 97.0 Å². The summed E-state index contributed by atoms with van der Waals surface area (Å²) < 4.78 is 0. The third-order valence-electron chi connectivity index (χ3n) is 2.36. The summed E-state index contributed by atoms with van der Waals surface area (Å²) in [5.74, 6) is 0. The number of rotatable bonds is 3. The van der Waals surface area contributed by atoms with Crippen LogP contribution in [0.25, 0.3) is 5.57 Å². The number of benzene rings is 1. The first kappa shape index (κ1) is 12.0. The Hall–Kier alpha value is -2.07. The van der Waals surface area contributed by atoms with Gasteiger partial charge in [-0.1, -0.05) is 48.6 Å². The fraction of sp³-hybridized carbons (Fsp3) is 0.133. The molecule has 0 bridgehead atoms. The first-order valence-electron chi connectivity index (χ1n) is 5.19. The third-order valence-corrected chi connectivity index (χ3v) is 2.36. The van der Waals surface area contributed by atoms with Crippen LogP contribution in [0.2, 0.25) is 0 Å². The van der Waals surface area contributed by atoms with E-state index in [1.807, 2.05) is 19.1 Å². The maximum Gasteiger partial charge on any atom is 0.0991 e. The van der Waals surface area contributed by atoms with E-state index in [0.717, 1.165) is 11.1 Å². The van der Waals surface area contributed by atoms with Gasteiger partial charge in [-0.05, 0) is 31.1 Å². The molecule has 0 unspecified atom stereocenters. The summed E-state index contributed by atoms with van der Waals surface area (Å²) in [6.07, 6.45) is 5.40. The summed E-state index contributed by atoms with van der Waals surface area (Å²) in [5.41, 5.74) is 3.96. The van der Waals surface area contributed by atoms with Crippen molar-refractivity contribution in [1.82, 2.24) is 0 Å². The smallest absolute Gasteiger partial charge is 0.0991 e. The van der Waals surface area contributed by atoms with Gasteiger partial charge in [0.15, 0.2) is 0 Å². The van der Waals surface area contributed by atoms with E-state index in [0.29, 0.717) is 5.57 Å². The number of aryl methyl sites for hydroxylation is 1. The topological polar surface area (TPSA) is 23.8 Å². The highest BCUT2D eigenvalue weighted by molar-refractivity contribution is 5.76. The van der Waals surface area contributed by atoms with Gasteiger partial charge < -0.3 is 0 Å². The molecule has 1 nitrogen and oxygen atoms in total. The Morgan fingerprint density at radius 2 is 1.94 bits per heavy atom. The molecule has 1 aromatic rings. The van der Waals surface area contributed by atoms with Crippen molar-refractivity contribution >= 4 is 5.57 Å². The summed E-state index contributed by atoms with van der Waals surface area (Å²) in [6, 6.07) is 10.3. The minimum atomic E-state index is 0.577. The molecule has 0 radical (unpaired) electrons. The zero-order valence-electron chi connectivity index (χ0n) is 9.70. The summed E-state index contributed by atoms with van der Waals surface area (Å²) in [4.78, 5) is 0. The van der Waals surface area contributed by atoms with E-state index in [1.54, 1.807) is 6.08 Å². The second-order valence-electron chi connectivity index (χ2n) is 3.53. The second kappa shape index (κ2) is 5.72. The van der Waals surface area contributed by atoms with E-state index in [9.17, 15) is 0 Å². The average Bonchev–Trinajstić information content (AvgIpc) is 2.32. The van der Waals surface area contributed by atoms with Crippen LogP contribution in [-0.4, -0.2) is 0 Å². The van der Waals surface area contributed by atoms with Crippen LogP contribution in [-0.2, 0) is 0 Å². The number of nitrogens with zero attached hydrogens (tertiary/aromatic N) is 1. The lowest BCUT2D eigenvalue weighted by Crippen LogP contribution is -1.83. The number of nitriles is 1. The van der Waals surface area contributed by atoms with Gasteiger partial charge in [-0.15, -0.1) is 0 Å². The Morgan fingerprint density at radius 1 is 1.31 bits per heavy atom. The molecule has 0 fully saturated rings. The quantitative estimate of drug-likeness (QED) is 0.544. The molecule has 1 aromatic carbocycles. The highest BCUT2D eigenvalue weighted by atomic mass is 14.2. The second-order valence-corrected chi connectivity index (χ2v) is 3.53. The highest BCUT2D eigenvalue weighted by Gasteiger charge is 1.98. The van der Waals surface area contributed by atoms with Gasteiger partial charge in [0, 0.05) is 0 Å². The van der Waals surface area contributed by atoms with Gasteiger partial charge in [0.25, 0.3) is 0 Å². The van der Waals surface area contributed by atoms with Crippen molar-refractivity contribution in [2.45, 2.75) is 13.8 Å². The van der Waals surface area contributed by atoms with Crippen LogP contribution in [0.1, 0.15) is 18.1 Å². The Bertz CT molecular complexity index is 467. The van der Waals surface area contributed by atoms with Crippen molar-refractivity contribution < 1.29 is 0 Å². The molecule has 0 saturated heterocycles. The van der Waals surface area contributed by atoms with Crippen molar-refractivity contribution in [2.24, 2.45) is 0 Å². The van der Waals surface area contributed by atoms with Crippen LogP contribution >= 0.6 is 0 Å². The largest absolute Gasteiger partial charge is 0.192 e. The molecule has 0 heterocycles. The predicted molar refractivity (Wildman–Crippen MR) is 68.7 cm³/mol. The lowest BCUT2D eigenvalue weighted by molar-refractivity contribution is 1.45. The fourth-order valence-corrected chi connectivity index (χ4v) is 1.38.